The lowest BCUT2D eigenvalue weighted by Crippen LogP contribution is -2.14. The van der Waals surface area contributed by atoms with Gasteiger partial charge < -0.3 is 0 Å². The minimum Gasteiger partial charge on any atom is -0.110 e. The summed E-state index contributed by atoms with van der Waals surface area (Å²) in [7, 11) is 2.92. The molecule has 21 heavy (non-hydrogen) atoms. The van der Waals surface area contributed by atoms with Crippen LogP contribution >= 0.6 is 20.8 Å². The fourth-order valence-electron chi connectivity index (χ4n) is 2.84. The molecule has 120 valence electrons. The maximum atomic E-state index is 6.89. The van der Waals surface area contributed by atoms with Gasteiger partial charge in [-0.25, -0.2) is 0 Å². The van der Waals surface area contributed by atoms with E-state index in [4.69, 9.17) is 11.6 Å². The number of unbranched alkanes of at least 4 members (excludes halogenated alkanes) is 3. The predicted molar refractivity (Wildman–Crippen MR) is 100 cm³/mol. The van der Waals surface area contributed by atoms with Crippen molar-refractivity contribution in [1.29, 1.82) is 0 Å². The molecular weight excluding hydrogens is 295 g/mol. The SMILES string of the molecule is CCCCc1cccc(C(P)(Cl)CCCC)c1CCCC. The zero-order chi connectivity index (χ0) is 15.7. The Hall–Kier alpha value is -0.0600. The molecule has 0 spiro atoms. The molecule has 1 aromatic rings. The summed E-state index contributed by atoms with van der Waals surface area (Å²) < 4.78 is -0.290. The van der Waals surface area contributed by atoms with E-state index < -0.39 is 0 Å². The number of rotatable bonds is 10. The summed E-state index contributed by atoms with van der Waals surface area (Å²) in [6.45, 7) is 6.76. The lowest BCUT2D eigenvalue weighted by molar-refractivity contribution is 0.656. The van der Waals surface area contributed by atoms with Crippen LogP contribution in [0.1, 0.15) is 82.4 Å². The van der Waals surface area contributed by atoms with Crippen molar-refractivity contribution in [2.75, 3.05) is 0 Å². The van der Waals surface area contributed by atoms with Gasteiger partial charge in [0, 0.05) is 0 Å². The molecule has 1 rings (SSSR count). The molecule has 0 radical (unpaired) electrons. The van der Waals surface area contributed by atoms with Gasteiger partial charge in [-0.2, -0.15) is 0 Å². The van der Waals surface area contributed by atoms with Gasteiger partial charge in [-0.05, 0) is 48.8 Å². The predicted octanol–water partition coefficient (Wildman–Crippen LogP) is 6.83. The molecule has 0 aliphatic carbocycles. The molecular formula is C19H32ClP. The van der Waals surface area contributed by atoms with Crippen molar-refractivity contribution in [2.24, 2.45) is 0 Å². The normalized spacial score (nSPS) is 14.1. The molecule has 0 saturated carbocycles. The zero-order valence-corrected chi connectivity index (χ0v) is 16.0. The molecule has 2 unspecified atom stereocenters. The smallest absolute Gasteiger partial charge is 0.0833 e. The highest BCUT2D eigenvalue weighted by Gasteiger charge is 2.26. The highest BCUT2D eigenvalue weighted by molar-refractivity contribution is 7.22. The average Bonchev–Trinajstić information content (AvgIpc) is 2.49. The fourth-order valence-corrected chi connectivity index (χ4v) is 3.63. The van der Waals surface area contributed by atoms with Crippen LogP contribution in [0.4, 0.5) is 0 Å². The molecule has 0 heterocycles. The van der Waals surface area contributed by atoms with E-state index in [1.165, 1.54) is 68.1 Å². The van der Waals surface area contributed by atoms with Crippen LogP contribution in [0.25, 0.3) is 0 Å². The quantitative estimate of drug-likeness (QED) is 0.326. The Morgan fingerprint density at radius 2 is 1.57 bits per heavy atom. The van der Waals surface area contributed by atoms with Crippen molar-refractivity contribution in [3.05, 3.63) is 34.9 Å². The van der Waals surface area contributed by atoms with Gasteiger partial charge in [0.05, 0.1) is 4.62 Å². The van der Waals surface area contributed by atoms with Crippen molar-refractivity contribution >= 4 is 20.8 Å². The van der Waals surface area contributed by atoms with Crippen LogP contribution in [0.15, 0.2) is 18.2 Å². The van der Waals surface area contributed by atoms with Crippen LogP contribution in [0, 0.1) is 0 Å². The molecule has 1 aromatic carbocycles. The third kappa shape index (κ3) is 5.91. The summed E-state index contributed by atoms with van der Waals surface area (Å²) in [4.78, 5) is 0. The Morgan fingerprint density at radius 1 is 0.952 bits per heavy atom. The molecule has 0 saturated heterocycles. The second kappa shape index (κ2) is 9.86. The zero-order valence-electron chi connectivity index (χ0n) is 14.1. The summed E-state index contributed by atoms with van der Waals surface area (Å²) in [5.74, 6) is 0. The van der Waals surface area contributed by atoms with Crippen LogP contribution in [0.2, 0.25) is 0 Å². The Bertz CT molecular complexity index is 412. The second-order valence-corrected chi connectivity index (χ2v) is 8.14. The fraction of sp³-hybridized carbons (Fsp3) is 0.684. The first-order valence-electron chi connectivity index (χ1n) is 8.65. The number of hydrogen-bond acceptors (Lipinski definition) is 0. The first kappa shape index (κ1) is 19.0. The second-order valence-electron chi connectivity index (χ2n) is 6.12. The molecule has 2 heteroatoms. The van der Waals surface area contributed by atoms with Gasteiger partial charge in [-0.3, -0.25) is 0 Å². The molecule has 0 amide bonds. The van der Waals surface area contributed by atoms with Gasteiger partial charge in [0.1, 0.15) is 0 Å². The summed E-state index contributed by atoms with van der Waals surface area (Å²) in [5, 5.41) is 0. The number of aryl methyl sites for hydroxylation is 1. The Balaban J connectivity index is 3.09. The summed E-state index contributed by atoms with van der Waals surface area (Å²) in [6.07, 6.45) is 10.8. The topological polar surface area (TPSA) is 0 Å². The largest absolute Gasteiger partial charge is 0.110 e. The molecule has 0 aromatic heterocycles. The van der Waals surface area contributed by atoms with E-state index in [1.807, 2.05) is 0 Å². The number of benzene rings is 1. The van der Waals surface area contributed by atoms with Crippen molar-refractivity contribution in [3.63, 3.8) is 0 Å². The number of hydrogen-bond donors (Lipinski definition) is 0. The van der Waals surface area contributed by atoms with Crippen LogP contribution in [0.3, 0.4) is 0 Å². The lowest BCUT2D eigenvalue weighted by Gasteiger charge is -2.27. The van der Waals surface area contributed by atoms with Crippen LogP contribution in [-0.4, -0.2) is 0 Å². The van der Waals surface area contributed by atoms with Gasteiger partial charge in [0.25, 0.3) is 0 Å². The minimum absolute atomic E-state index is 0.290. The molecule has 0 nitrogen and oxygen atoms in total. The van der Waals surface area contributed by atoms with E-state index in [2.05, 4.69) is 48.2 Å². The Kier molecular flexibility index (Phi) is 8.91. The van der Waals surface area contributed by atoms with E-state index in [-0.39, 0.29) is 4.62 Å². The van der Waals surface area contributed by atoms with Gasteiger partial charge >= 0.3 is 0 Å². The maximum absolute atomic E-state index is 6.89. The highest BCUT2D eigenvalue weighted by atomic mass is 35.5. The van der Waals surface area contributed by atoms with Gasteiger partial charge in [0.2, 0.25) is 0 Å². The summed E-state index contributed by atoms with van der Waals surface area (Å²) in [6, 6.07) is 6.75. The van der Waals surface area contributed by atoms with E-state index in [0.717, 1.165) is 6.42 Å². The lowest BCUT2D eigenvalue weighted by atomic mass is 9.90. The maximum Gasteiger partial charge on any atom is 0.0833 e. The van der Waals surface area contributed by atoms with E-state index in [9.17, 15) is 0 Å². The van der Waals surface area contributed by atoms with Gasteiger partial charge in [0.15, 0.2) is 0 Å². The van der Waals surface area contributed by atoms with Crippen molar-refractivity contribution in [2.45, 2.75) is 83.2 Å². The first-order valence-corrected chi connectivity index (χ1v) is 9.61. The van der Waals surface area contributed by atoms with Crippen molar-refractivity contribution < 1.29 is 0 Å². The molecule has 0 fully saturated rings. The van der Waals surface area contributed by atoms with Gasteiger partial charge in [-0.1, -0.05) is 64.7 Å². The molecule has 0 aliphatic heterocycles. The number of alkyl halides is 1. The highest BCUT2D eigenvalue weighted by Crippen LogP contribution is 2.43. The van der Waals surface area contributed by atoms with Crippen LogP contribution in [0.5, 0.6) is 0 Å². The van der Waals surface area contributed by atoms with Gasteiger partial charge in [-0.15, -0.1) is 20.8 Å². The van der Waals surface area contributed by atoms with E-state index >= 15 is 0 Å². The van der Waals surface area contributed by atoms with E-state index in [1.54, 1.807) is 0 Å². The first-order chi connectivity index (χ1) is 10.1. The summed E-state index contributed by atoms with van der Waals surface area (Å²) in [5.41, 5.74) is 4.39. The standard InChI is InChI=1S/C19H32ClP/c1-4-7-11-16-12-10-14-18(17(16)13-8-5-2)19(20,21)15-9-6-3/h10,12,14H,4-9,11,13,15,21H2,1-3H3. The van der Waals surface area contributed by atoms with Crippen molar-refractivity contribution in [1.82, 2.24) is 0 Å². The monoisotopic (exact) mass is 326 g/mol. The minimum atomic E-state index is -0.290. The Labute approximate surface area is 139 Å². The van der Waals surface area contributed by atoms with Crippen LogP contribution < -0.4 is 0 Å². The van der Waals surface area contributed by atoms with E-state index in [0.29, 0.717) is 0 Å². The third-order valence-electron chi connectivity index (χ3n) is 4.19. The molecule has 0 bridgehead atoms. The molecule has 2 atom stereocenters. The average molecular weight is 327 g/mol. The third-order valence-corrected chi connectivity index (χ3v) is 5.19. The molecule has 0 N–H and O–H groups in total. The van der Waals surface area contributed by atoms with Crippen molar-refractivity contribution in [3.8, 4) is 0 Å². The van der Waals surface area contributed by atoms with Crippen LogP contribution in [-0.2, 0) is 17.5 Å². The molecule has 0 aliphatic rings. The number of halogens is 1. The Morgan fingerprint density at radius 3 is 2.19 bits per heavy atom. The summed E-state index contributed by atoms with van der Waals surface area (Å²) >= 11 is 6.89.